The maximum Gasteiger partial charge on any atom is 0.0107 e. The van der Waals surface area contributed by atoms with Crippen molar-refractivity contribution < 1.29 is 0 Å². The Morgan fingerprint density at radius 3 is 2.26 bits per heavy atom. The number of hydrogen-bond acceptors (Lipinski definition) is 2. The van der Waals surface area contributed by atoms with E-state index >= 15 is 0 Å². The fourth-order valence-corrected chi connectivity index (χ4v) is 2.84. The molecule has 1 N–H and O–H groups in total. The number of nitrogens with one attached hydrogen (secondary N) is 1. The van der Waals surface area contributed by atoms with Crippen molar-refractivity contribution in [3.05, 3.63) is 35.4 Å². The molecule has 0 radical (unpaired) electrons. The van der Waals surface area contributed by atoms with Gasteiger partial charge in [-0.2, -0.15) is 0 Å². The van der Waals surface area contributed by atoms with E-state index in [1.165, 1.54) is 37.2 Å². The monoisotopic (exact) mass is 260 g/mol. The van der Waals surface area contributed by atoms with Crippen molar-refractivity contribution in [2.24, 2.45) is 5.92 Å². The first-order valence-corrected chi connectivity index (χ1v) is 7.67. The van der Waals surface area contributed by atoms with E-state index < -0.39 is 0 Å². The van der Waals surface area contributed by atoms with Crippen LogP contribution in [0.5, 0.6) is 0 Å². The number of piperazine rings is 1. The Morgan fingerprint density at radius 1 is 1.05 bits per heavy atom. The Kier molecular flexibility index (Phi) is 5.41. The zero-order chi connectivity index (χ0) is 13.7. The molecule has 0 bridgehead atoms. The average Bonchev–Trinajstić information content (AvgIpc) is 2.40. The lowest BCUT2D eigenvalue weighted by Gasteiger charge is -2.29. The molecule has 1 aliphatic heterocycles. The summed E-state index contributed by atoms with van der Waals surface area (Å²) in [4.78, 5) is 2.59. The number of benzene rings is 1. The molecule has 0 spiro atoms. The minimum Gasteiger partial charge on any atom is -0.314 e. The predicted octanol–water partition coefficient (Wildman–Crippen LogP) is 2.89. The summed E-state index contributed by atoms with van der Waals surface area (Å²) in [7, 11) is 0. The van der Waals surface area contributed by atoms with Crippen molar-refractivity contribution in [2.75, 3.05) is 32.7 Å². The van der Waals surface area contributed by atoms with Crippen LogP contribution in [0.2, 0.25) is 0 Å². The third kappa shape index (κ3) is 4.63. The van der Waals surface area contributed by atoms with Gasteiger partial charge in [0.05, 0.1) is 0 Å². The molecular weight excluding hydrogens is 232 g/mol. The van der Waals surface area contributed by atoms with Crippen LogP contribution < -0.4 is 5.32 Å². The summed E-state index contributed by atoms with van der Waals surface area (Å²) in [6, 6.07) is 9.20. The fourth-order valence-electron chi connectivity index (χ4n) is 2.84. The highest BCUT2D eigenvalue weighted by Crippen LogP contribution is 2.17. The summed E-state index contributed by atoms with van der Waals surface area (Å²) in [6.07, 6.45) is 1.20. The molecular formula is C17H28N2. The van der Waals surface area contributed by atoms with Crippen LogP contribution in [-0.2, 0) is 6.42 Å². The van der Waals surface area contributed by atoms with E-state index in [1.807, 2.05) is 0 Å². The number of rotatable bonds is 5. The van der Waals surface area contributed by atoms with Crippen molar-refractivity contribution in [2.45, 2.75) is 33.1 Å². The van der Waals surface area contributed by atoms with Gasteiger partial charge >= 0.3 is 0 Å². The normalized spacial score (nSPS) is 18.7. The Bertz CT molecular complexity index is 363. The second kappa shape index (κ2) is 7.06. The molecule has 1 aliphatic rings. The topological polar surface area (TPSA) is 15.3 Å². The van der Waals surface area contributed by atoms with E-state index in [4.69, 9.17) is 0 Å². The van der Waals surface area contributed by atoms with Crippen molar-refractivity contribution >= 4 is 0 Å². The van der Waals surface area contributed by atoms with Crippen molar-refractivity contribution in [1.29, 1.82) is 0 Å². The lowest BCUT2D eigenvalue weighted by molar-refractivity contribution is 0.211. The molecule has 0 aliphatic carbocycles. The van der Waals surface area contributed by atoms with Crippen LogP contribution in [0, 0.1) is 5.92 Å². The lowest BCUT2D eigenvalue weighted by Crippen LogP contribution is -2.45. The van der Waals surface area contributed by atoms with Gasteiger partial charge in [-0.3, -0.25) is 0 Å². The fraction of sp³-hybridized carbons (Fsp3) is 0.647. The standard InChI is InChI=1S/C17H28N2/c1-14(2)17-6-4-16(5-7-17)12-15(3)13-19-10-8-18-9-11-19/h4-7,14-15,18H,8-13H2,1-3H3. The predicted molar refractivity (Wildman–Crippen MR) is 82.7 cm³/mol. The van der Waals surface area contributed by atoms with Crippen LogP contribution in [0.1, 0.15) is 37.8 Å². The van der Waals surface area contributed by atoms with Crippen LogP contribution >= 0.6 is 0 Å². The molecule has 19 heavy (non-hydrogen) atoms. The largest absolute Gasteiger partial charge is 0.314 e. The van der Waals surface area contributed by atoms with Crippen LogP contribution in [0.3, 0.4) is 0 Å². The average molecular weight is 260 g/mol. The Labute approximate surface area is 118 Å². The summed E-state index contributed by atoms with van der Waals surface area (Å²) in [6.45, 7) is 12.8. The molecule has 0 amide bonds. The summed E-state index contributed by atoms with van der Waals surface area (Å²) in [5.74, 6) is 1.37. The maximum absolute atomic E-state index is 3.41. The number of nitrogens with zero attached hydrogens (tertiary/aromatic N) is 1. The first-order chi connectivity index (χ1) is 9.15. The zero-order valence-corrected chi connectivity index (χ0v) is 12.7. The number of hydrogen-bond donors (Lipinski definition) is 1. The highest BCUT2D eigenvalue weighted by molar-refractivity contribution is 5.24. The molecule has 1 aromatic rings. The van der Waals surface area contributed by atoms with E-state index in [0.29, 0.717) is 5.92 Å². The van der Waals surface area contributed by atoms with Crippen LogP contribution in [0.4, 0.5) is 0 Å². The van der Waals surface area contributed by atoms with Gasteiger partial charge in [-0.05, 0) is 29.4 Å². The molecule has 0 saturated carbocycles. The smallest absolute Gasteiger partial charge is 0.0107 e. The second-order valence-corrected chi connectivity index (χ2v) is 6.26. The van der Waals surface area contributed by atoms with Gasteiger partial charge in [-0.25, -0.2) is 0 Å². The third-order valence-corrected chi connectivity index (χ3v) is 4.01. The first kappa shape index (κ1) is 14.5. The highest BCUT2D eigenvalue weighted by atomic mass is 15.2. The zero-order valence-electron chi connectivity index (χ0n) is 12.7. The summed E-state index contributed by atoms with van der Waals surface area (Å²) >= 11 is 0. The minimum absolute atomic E-state index is 0.632. The Hall–Kier alpha value is -0.860. The van der Waals surface area contributed by atoms with Gasteiger partial charge in [-0.1, -0.05) is 45.0 Å². The van der Waals surface area contributed by atoms with Gasteiger partial charge in [-0.15, -0.1) is 0 Å². The Balaban J connectivity index is 1.82. The SMILES string of the molecule is CC(Cc1ccc(C(C)C)cc1)CN1CCNCC1. The summed E-state index contributed by atoms with van der Waals surface area (Å²) in [5, 5.41) is 3.41. The van der Waals surface area contributed by atoms with Gasteiger partial charge < -0.3 is 10.2 Å². The molecule has 1 aromatic carbocycles. The van der Waals surface area contributed by atoms with Crippen molar-refractivity contribution in [3.63, 3.8) is 0 Å². The summed E-state index contributed by atoms with van der Waals surface area (Å²) < 4.78 is 0. The van der Waals surface area contributed by atoms with Crippen LogP contribution in [-0.4, -0.2) is 37.6 Å². The molecule has 2 rings (SSSR count). The molecule has 1 unspecified atom stereocenters. The van der Waals surface area contributed by atoms with E-state index in [-0.39, 0.29) is 0 Å². The van der Waals surface area contributed by atoms with Crippen molar-refractivity contribution in [1.82, 2.24) is 10.2 Å². The molecule has 1 heterocycles. The molecule has 0 aromatic heterocycles. The molecule has 1 saturated heterocycles. The van der Waals surface area contributed by atoms with Gasteiger partial charge in [0.1, 0.15) is 0 Å². The molecule has 1 fully saturated rings. The van der Waals surface area contributed by atoms with Gasteiger partial charge in [0.25, 0.3) is 0 Å². The highest BCUT2D eigenvalue weighted by Gasteiger charge is 2.13. The van der Waals surface area contributed by atoms with Gasteiger partial charge in [0, 0.05) is 32.7 Å². The Morgan fingerprint density at radius 2 is 1.68 bits per heavy atom. The van der Waals surface area contributed by atoms with Crippen LogP contribution in [0.25, 0.3) is 0 Å². The maximum atomic E-state index is 3.41. The molecule has 2 nitrogen and oxygen atoms in total. The van der Waals surface area contributed by atoms with Gasteiger partial charge in [0.15, 0.2) is 0 Å². The van der Waals surface area contributed by atoms with E-state index in [2.05, 4.69) is 55.3 Å². The first-order valence-electron chi connectivity index (χ1n) is 7.67. The van der Waals surface area contributed by atoms with Crippen LogP contribution in [0.15, 0.2) is 24.3 Å². The van der Waals surface area contributed by atoms with E-state index in [1.54, 1.807) is 0 Å². The third-order valence-electron chi connectivity index (χ3n) is 4.01. The van der Waals surface area contributed by atoms with E-state index in [9.17, 15) is 0 Å². The summed E-state index contributed by atoms with van der Waals surface area (Å²) in [5.41, 5.74) is 2.92. The minimum atomic E-state index is 0.632. The van der Waals surface area contributed by atoms with Gasteiger partial charge in [0.2, 0.25) is 0 Å². The quantitative estimate of drug-likeness (QED) is 0.876. The lowest BCUT2D eigenvalue weighted by atomic mass is 9.96. The second-order valence-electron chi connectivity index (χ2n) is 6.26. The molecule has 106 valence electrons. The molecule has 2 heteroatoms. The molecule has 1 atom stereocenters. The van der Waals surface area contributed by atoms with E-state index in [0.717, 1.165) is 19.0 Å². The van der Waals surface area contributed by atoms with Crippen molar-refractivity contribution in [3.8, 4) is 0 Å².